The Balaban J connectivity index is 2.39. The van der Waals surface area contributed by atoms with Crippen molar-refractivity contribution in [1.29, 1.82) is 0 Å². The number of benzene rings is 1. The van der Waals surface area contributed by atoms with E-state index >= 15 is 0 Å². The first-order valence-electron chi connectivity index (χ1n) is 7.22. The van der Waals surface area contributed by atoms with E-state index in [1.165, 1.54) is 31.2 Å². The summed E-state index contributed by atoms with van der Waals surface area (Å²) in [4.78, 5) is 0. The maximum absolute atomic E-state index is 2.41. The molecule has 0 saturated carbocycles. The highest BCUT2D eigenvalue weighted by Crippen LogP contribution is 2.43. The van der Waals surface area contributed by atoms with Crippen molar-refractivity contribution >= 4 is 0 Å². The average molecular weight is 240 g/mol. The van der Waals surface area contributed by atoms with Gasteiger partial charge in [-0.1, -0.05) is 74.9 Å². The minimum absolute atomic E-state index is 0.317. The molecule has 1 aromatic carbocycles. The van der Waals surface area contributed by atoms with Crippen LogP contribution in [0.5, 0.6) is 0 Å². The van der Waals surface area contributed by atoms with Gasteiger partial charge in [0.1, 0.15) is 0 Å². The topological polar surface area (TPSA) is 0 Å². The molecular formula is C18H24. The molecule has 0 aromatic heterocycles. The predicted octanol–water partition coefficient (Wildman–Crippen LogP) is 5.27. The van der Waals surface area contributed by atoms with E-state index in [0.717, 1.165) is 0 Å². The van der Waals surface area contributed by atoms with Crippen LogP contribution in [0.2, 0.25) is 0 Å². The van der Waals surface area contributed by atoms with E-state index in [4.69, 9.17) is 0 Å². The molecule has 1 aliphatic rings. The first-order valence-corrected chi connectivity index (χ1v) is 7.22. The zero-order chi connectivity index (χ0) is 12.8. The van der Waals surface area contributed by atoms with Crippen LogP contribution in [0, 0.1) is 5.92 Å². The molecule has 0 N–H and O–H groups in total. The van der Waals surface area contributed by atoms with Gasteiger partial charge < -0.3 is 0 Å². The fourth-order valence-electron chi connectivity index (χ4n) is 3.39. The van der Waals surface area contributed by atoms with Crippen molar-refractivity contribution < 1.29 is 0 Å². The van der Waals surface area contributed by atoms with Crippen molar-refractivity contribution in [3.63, 3.8) is 0 Å². The largest absolute Gasteiger partial charge is 0.0839 e. The molecule has 0 radical (unpaired) electrons. The van der Waals surface area contributed by atoms with Crippen LogP contribution < -0.4 is 0 Å². The highest BCUT2D eigenvalue weighted by atomic mass is 14.4. The Morgan fingerprint density at radius 1 is 1.11 bits per heavy atom. The Kier molecular flexibility index (Phi) is 4.41. The monoisotopic (exact) mass is 240 g/mol. The summed E-state index contributed by atoms with van der Waals surface area (Å²) in [6.07, 6.45) is 14.0. The fourth-order valence-corrected chi connectivity index (χ4v) is 3.39. The second kappa shape index (κ2) is 6.04. The SMILES string of the molecule is CCCC(CC)(c1ccccc1)C1C=CC=CC1. The van der Waals surface area contributed by atoms with Crippen LogP contribution in [0.15, 0.2) is 54.6 Å². The molecule has 2 rings (SSSR count). The predicted molar refractivity (Wildman–Crippen MR) is 79.7 cm³/mol. The molecule has 96 valence electrons. The van der Waals surface area contributed by atoms with Gasteiger partial charge in [0.05, 0.1) is 0 Å². The van der Waals surface area contributed by atoms with Crippen LogP contribution in [0.3, 0.4) is 0 Å². The summed E-state index contributed by atoms with van der Waals surface area (Å²) >= 11 is 0. The summed E-state index contributed by atoms with van der Waals surface area (Å²) in [5.41, 5.74) is 1.83. The molecule has 0 nitrogen and oxygen atoms in total. The normalized spacial score (nSPS) is 21.8. The maximum Gasteiger partial charge on any atom is 0.00161 e. The number of hydrogen-bond acceptors (Lipinski definition) is 0. The molecule has 0 bridgehead atoms. The van der Waals surface area contributed by atoms with Crippen LogP contribution in [0.4, 0.5) is 0 Å². The Labute approximate surface area is 111 Å². The second-order valence-corrected chi connectivity index (χ2v) is 5.28. The Morgan fingerprint density at radius 2 is 1.89 bits per heavy atom. The standard InChI is InChI=1S/C18H24/c1-3-15-18(4-2,16-11-7-5-8-12-16)17-13-9-6-10-14-17/h5-13,17H,3-4,14-15H2,1-2H3. The van der Waals surface area contributed by atoms with E-state index < -0.39 is 0 Å². The molecule has 0 spiro atoms. The highest BCUT2D eigenvalue weighted by molar-refractivity contribution is 5.30. The Morgan fingerprint density at radius 3 is 2.44 bits per heavy atom. The molecule has 2 atom stereocenters. The minimum Gasteiger partial charge on any atom is -0.0839 e. The van der Waals surface area contributed by atoms with Gasteiger partial charge in [-0.05, 0) is 30.7 Å². The zero-order valence-electron chi connectivity index (χ0n) is 11.6. The van der Waals surface area contributed by atoms with Crippen LogP contribution in [-0.4, -0.2) is 0 Å². The number of rotatable bonds is 5. The van der Waals surface area contributed by atoms with Gasteiger partial charge in [0.25, 0.3) is 0 Å². The molecule has 0 amide bonds. The molecule has 1 aliphatic carbocycles. The lowest BCUT2D eigenvalue weighted by atomic mass is 9.64. The minimum atomic E-state index is 0.317. The first kappa shape index (κ1) is 13.1. The van der Waals surface area contributed by atoms with Gasteiger partial charge in [-0.25, -0.2) is 0 Å². The quantitative estimate of drug-likeness (QED) is 0.658. The van der Waals surface area contributed by atoms with Crippen LogP contribution in [-0.2, 0) is 5.41 Å². The van der Waals surface area contributed by atoms with Gasteiger partial charge in [-0.3, -0.25) is 0 Å². The summed E-state index contributed by atoms with van der Waals surface area (Å²) in [5.74, 6) is 0.648. The van der Waals surface area contributed by atoms with Gasteiger partial charge in [0, 0.05) is 5.41 Å². The molecule has 0 heteroatoms. The summed E-state index contributed by atoms with van der Waals surface area (Å²) in [7, 11) is 0. The van der Waals surface area contributed by atoms with E-state index in [1.807, 2.05) is 0 Å². The summed E-state index contributed by atoms with van der Waals surface area (Å²) in [5, 5.41) is 0. The zero-order valence-corrected chi connectivity index (χ0v) is 11.6. The van der Waals surface area contributed by atoms with E-state index in [0.29, 0.717) is 11.3 Å². The van der Waals surface area contributed by atoms with E-state index in [1.54, 1.807) is 0 Å². The smallest absolute Gasteiger partial charge is 0.00161 e. The van der Waals surface area contributed by atoms with E-state index in [2.05, 4.69) is 68.5 Å². The lowest BCUT2D eigenvalue weighted by Gasteiger charge is -2.40. The molecule has 0 saturated heterocycles. The second-order valence-electron chi connectivity index (χ2n) is 5.28. The Hall–Kier alpha value is -1.30. The molecule has 0 aliphatic heterocycles. The number of hydrogen-bond donors (Lipinski definition) is 0. The lowest BCUT2D eigenvalue weighted by Crippen LogP contribution is -2.34. The summed E-state index contributed by atoms with van der Waals surface area (Å²) in [6.45, 7) is 4.64. The van der Waals surface area contributed by atoms with Gasteiger partial charge in [-0.15, -0.1) is 0 Å². The molecule has 18 heavy (non-hydrogen) atoms. The third-order valence-electron chi connectivity index (χ3n) is 4.37. The van der Waals surface area contributed by atoms with Crippen molar-refractivity contribution in [2.45, 2.75) is 44.9 Å². The number of allylic oxidation sites excluding steroid dienone is 4. The third-order valence-corrected chi connectivity index (χ3v) is 4.37. The summed E-state index contributed by atoms with van der Waals surface area (Å²) in [6, 6.07) is 11.1. The van der Waals surface area contributed by atoms with E-state index in [9.17, 15) is 0 Å². The van der Waals surface area contributed by atoms with Gasteiger partial charge in [0.15, 0.2) is 0 Å². The average Bonchev–Trinajstić information content (AvgIpc) is 2.47. The molecule has 0 heterocycles. The van der Waals surface area contributed by atoms with Crippen molar-refractivity contribution in [2.24, 2.45) is 5.92 Å². The Bertz CT molecular complexity index is 413. The van der Waals surface area contributed by atoms with Gasteiger partial charge >= 0.3 is 0 Å². The first-order chi connectivity index (χ1) is 8.83. The fraction of sp³-hybridized carbons (Fsp3) is 0.444. The molecule has 2 unspecified atom stereocenters. The highest BCUT2D eigenvalue weighted by Gasteiger charge is 2.36. The van der Waals surface area contributed by atoms with Crippen molar-refractivity contribution in [2.75, 3.05) is 0 Å². The van der Waals surface area contributed by atoms with Gasteiger partial charge in [-0.2, -0.15) is 0 Å². The van der Waals surface area contributed by atoms with E-state index in [-0.39, 0.29) is 0 Å². The van der Waals surface area contributed by atoms with Gasteiger partial charge in [0.2, 0.25) is 0 Å². The van der Waals surface area contributed by atoms with Crippen molar-refractivity contribution in [3.05, 3.63) is 60.2 Å². The summed E-state index contributed by atoms with van der Waals surface area (Å²) < 4.78 is 0. The maximum atomic E-state index is 2.41. The third kappa shape index (κ3) is 2.43. The lowest BCUT2D eigenvalue weighted by molar-refractivity contribution is 0.279. The van der Waals surface area contributed by atoms with Crippen LogP contribution in [0.1, 0.15) is 45.1 Å². The van der Waals surface area contributed by atoms with Crippen LogP contribution in [0.25, 0.3) is 0 Å². The van der Waals surface area contributed by atoms with Crippen molar-refractivity contribution in [3.8, 4) is 0 Å². The molecule has 0 fully saturated rings. The van der Waals surface area contributed by atoms with Crippen LogP contribution >= 0.6 is 0 Å². The molecule has 1 aromatic rings. The molecular weight excluding hydrogens is 216 g/mol. The van der Waals surface area contributed by atoms with Crippen molar-refractivity contribution in [1.82, 2.24) is 0 Å².